The van der Waals surface area contributed by atoms with Crippen LogP contribution in [-0.2, 0) is 0 Å². The van der Waals surface area contributed by atoms with Gasteiger partial charge in [0.25, 0.3) is 0 Å². The summed E-state index contributed by atoms with van der Waals surface area (Å²) in [6.07, 6.45) is 3.17. The smallest absolute Gasteiger partial charge is 0.178 e. The molecule has 0 amide bonds. The molecule has 4 heteroatoms. The van der Waals surface area contributed by atoms with Gasteiger partial charge in [-0.1, -0.05) is 0 Å². The first-order valence-corrected chi connectivity index (χ1v) is 3.19. The lowest BCUT2D eigenvalue weighted by Crippen LogP contribution is -1.93. The normalized spacial score (nSPS) is 10.2. The fourth-order valence-electron chi connectivity index (χ4n) is 0.870. The van der Waals surface area contributed by atoms with E-state index in [1.807, 2.05) is 6.07 Å². The second kappa shape index (κ2) is 2.16. The number of nitrogens with two attached hydrogens (primary N) is 1. The minimum atomic E-state index is 0.422. The number of pyridine rings is 1. The van der Waals surface area contributed by atoms with Gasteiger partial charge >= 0.3 is 0 Å². The van der Waals surface area contributed by atoms with Gasteiger partial charge in [-0.05, 0) is 12.1 Å². The molecule has 0 fully saturated rings. The molecule has 54 valence electrons. The van der Waals surface area contributed by atoms with E-state index in [0.29, 0.717) is 11.5 Å². The number of nitrogens with zero attached hydrogens (tertiary/aromatic N) is 3. The van der Waals surface area contributed by atoms with E-state index in [1.165, 1.54) is 6.20 Å². The molecule has 2 aromatic rings. The molecule has 2 N–H and O–H groups in total. The molecule has 11 heavy (non-hydrogen) atoms. The Kier molecular flexibility index (Phi) is 1.18. The largest absolute Gasteiger partial charge is 0.382 e. The van der Waals surface area contributed by atoms with Crippen LogP contribution in [0.3, 0.4) is 0 Å². The molecular weight excluding hydrogens is 140 g/mol. The third kappa shape index (κ3) is 0.980. The van der Waals surface area contributed by atoms with Crippen LogP contribution in [0, 0.1) is 0 Å². The van der Waals surface area contributed by atoms with Crippen LogP contribution in [0.2, 0.25) is 0 Å². The lowest BCUT2D eigenvalue weighted by Gasteiger charge is -1.94. The van der Waals surface area contributed by atoms with Crippen LogP contribution in [0.1, 0.15) is 0 Å². The van der Waals surface area contributed by atoms with Gasteiger partial charge in [-0.25, -0.2) is 15.0 Å². The standard InChI is InChI=1S/C7H6N4/c8-6-4-10-7-5(11-6)2-1-3-9-7/h1-4H,(H2,8,11). The zero-order valence-corrected chi connectivity index (χ0v) is 5.73. The molecule has 2 rings (SSSR count). The van der Waals surface area contributed by atoms with Crippen molar-refractivity contribution >= 4 is 17.0 Å². The van der Waals surface area contributed by atoms with Crippen LogP contribution in [0.5, 0.6) is 0 Å². The number of anilines is 1. The van der Waals surface area contributed by atoms with Gasteiger partial charge in [-0.15, -0.1) is 0 Å². The van der Waals surface area contributed by atoms with Gasteiger partial charge in [0, 0.05) is 6.20 Å². The van der Waals surface area contributed by atoms with Crippen molar-refractivity contribution < 1.29 is 0 Å². The Morgan fingerprint density at radius 2 is 2.18 bits per heavy atom. The van der Waals surface area contributed by atoms with Gasteiger partial charge in [-0.3, -0.25) is 0 Å². The van der Waals surface area contributed by atoms with E-state index < -0.39 is 0 Å². The molecule has 2 heterocycles. The highest BCUT2D eigenvalue weighted by atomic mass is 14.9. The Hall–Kier alpha value is -1.71. The van der Waals surface area contributed by atoms with Crippen molar-refractivity contribution in [1.29, 1.82) is 0 Å². The molecule has 4 nitrogen and oxygen atoms in total. The second-order valence-corrected chi connectivity index (χ2v) is 2.14. The molecule has 2 aromatic heterocycles. The van der Waals surface area contributed by atoms with Crippen LogP contribution in [0.15, 0.2) is 24.5 Å². The number of aromatic nitrogens is 3. The fourth-order valence-corrected chi connectivity index (χ4v) is 0.870. The van der Waals surface area contributed by atoms with Crippen LogP contribution in [0.4, 0.5) is 5.82 Å². The average molecular weight is 146 g/mol. The molecule has 0 saturated carbocycles. The van der Waals surface area contributed by atoms with E-state index >= 15 is 0 Å². The summed E-state index contributed by atoms with van der Waals surface area (Å²) >= 11 is 0. The van der Waals surface area contributed by atoms with Gasteiger partial charge in [-0.2, -0.15) is 0 Å². The Balaban J connectivity index is 2.83. The first-order chi connectivity index (χ1) is 5.36. The lowest BCUT2D eigenvalue weighted by molar-refractivity contribution is 1.23. The topological polar surface area (TPSA) is 64.7 Å². The van der Waals surface area contributed by atoms with E-state index in [0.717, 1.165) is 5.52 Å². The number of fused-ring (bicyclic) bond motifs is 1. The predicted molar refractivity (Wildman–Crippen MR) is 41.7 cm³/mol. The van der Waals surface area contributed by atoms with Crippen molar-refractivity contribution in [3.63, 3.8) is 0 Å². The maximum absolute atomic E-state index is 5.42. The molecule has 0 unspecified atom stereocenters. The van der Waals surface area contributed by atoms with E-state index in [1.54, 1.807) is 12.3 Å². The first-order valence-electron chi connectivity index (χ1n) is 3.19. The SMILES string of the molecule is Nc1cnc2ncccc2n1. The third-order valence-corrected chi connectivity index (χ3v) is 1.33. The van der Waals surface area contributed by atoms with E-state index in [9.17, 15) is 0 Å². The fraction of sp³-hybridized carbons (Fsp3) is 0. The Bertz CT molecular complexity index is 385. The van der Waals surface area contributed by atoms with Gasteiger partial charge in [0.1, 0.15) is 11.3 Å². The first kappa shape index (κ1) is 6.03. The van der Waals surface area contributed by atoms with Crippen LogP contribution in [0.25, 0.3) is 11.2 Å². The van der Waals surface area contributed by atoms with E-state index in [2.05, 4.69) is 15.0 Å². The zero-order chi connectivity index (χ0) is 7.68. The third-order valence-electron chi connectivity index (χ3n) is 1.33. The summed E-state index contributed by atoms with van der Waals surface area (Å²) in [5.41, 5.74) is 6.78. The molecule has 0 aliphatic rings. The van der Waals surface area contributed by atoms with Gasteiger partial charge < -0.3 is 5.73 Å². The molecule has 0 aliphatic carbocycles. The Morgan fingerprint density at radius 1 is 1.27 bits per heavy atom. The Labute approximate surface area is 63.1 Å². The second-order valence-electron chi connectivity index (χ2n) is 2.14. The summed E-state index contributed by atoms with van der Waals surface area (Å²) < 4.78 is 0. The van der Waals surface area contributed by atoms with Crippen molar-refractivity contribution in [1.82, 2.24) is 15.0 Å². The summed E-state index contributed by atoms with van der Waals surface area (Å²) in [4.78, 5) is 12.0. The predicted octanol–water partition coefficient (Wildman–Crippen LogP) is 0.607. The highest BCUT2D eigenvalue weighted by Gasteiger charge is 1.94. The average Bonchev–Trinajstić information content (AvgIpc) is 2.04. The molecule has 0 atom stereocenters. The molecule has 0 bridgehead atoms. The van der Waals surface area contributed by atoms with Crippen LogP contribution in [-0.4, -0.2) is 15.0 Å². The summed E-state index contributed by atoms with van der Waals surface area (Å²) in [7, 11) is 0. The summed E-state index contributed by atoms with van der Waals surface area (Å²) in [5.74, 6) is 0.422. The maximum Gasteiger partial charge on any atom is 0.178 e. The van der Waals surface area contributed by atoms with E-state index in [4.69, 9.17) is 5.73 Å². The molecule has 0 radical (unpaired) electrons. The molecular formula is C7H6N4. The highest BCUT2D eigenvalue weighted by Crippen LogP contribution is 2.05. The maximum atomic E-state index is 5.42. The minimum Gasteiger partial charge on any atom is -0.382 e. The summed E-state index contributed by atoms with van der Waals surface area (Å²) in [6, 6.07) is 3.63. The minimum absolute atomic E-state index is 0.422. The van der Waals surface area contributed by atoms with Crippen molar-refractivity contribution in [3.05, 3.63) is 24.5 Å². The Morgan fingerprint density at radius 3 is 3.09 bits per heavy atom. The van der Waals surface area contributed by atoms with Crippen molar-refractivity contribution in [2.24, 2.45) is 0 Å². The van der Waals surface area contributed by atoms with Crippen molar-refractivity contribution in [2.45, 2.75) is 0 Å². The highest BCUT2D eigenvalue weighted by molar-refractivity contribution is 5.70. The molecule has 0 aliphatic heterocycles. The van der Waals surface area contributed by atoms with Crippen molar-refractivity contribution in [3.8, 4) is 0 Å². The summed E-state index contributed by atoms with van der Waals surface area (Å²) in [5, 5.41) is 0. The van der Waals surface area contributed by atoms with Gasteiger partial charge in [0.05, 0.1) is 6.20 Å². The van der Waals surface area contributed by atoms with Crippen LogP contribution < -0.4 is 5.73 Å². The number of rotatable bonds is 0. The quantitative estimate of drug-likeness (QED) is 0.591. The lowest BCUT2D eigenvalue weighted by atomic mass is 10.4. The molecule has 0 aromatic carbocycles. The molecule has 0 spiro atoms. The summed E-state index contributed by atoms with van der Waals surface area (Å²) in [6.45, 7) is 0. The van der Waals surface area contributed by atoms with E-state index in [-0.39, 0.29) is 0 Å². The zero-order valence-electron chi connectivity index (χ0n) is 5.73. The number of hydrogen-bond acceptors (Lipinski definition) is 4. The van der Waals surface area contributed by atoms with Gasteiger partial charge in [0.15, 0.2) is 5.65 Å². The molecule has 0 saturated heterocycles. The number of nitrogen functional groups attached to an aromatic ring is 1. The van der Waals surface area contributed by atoms with Crippen molar-refractivity contribution in [2.75, 3.05) is 5.73 Å². The van der Waals surface area contributed by atoms with Gasteiger partial charge in [0.2, 0.25) is 0 Å². The monoisotopic (exact) mass is 146 g/mol. The number of hydrogen-bond donors (Lipinski definition) is 1. The van der Waals surface area contributed by atoms with Crippen LogP contribution >= 0.6 is 0 Å².